The summed E-state index contributed by atoms with van der Waals surface area (Å²) in [6, 6.07) is 24.3. The molecule has 644 valence electrons. The molecule has 42 nitrogen and oxygen atoms in total. The van der Waals surface area contributed by atoms with Crippen molar-refractivity contribution in [3.05, 3.63) is 257 Å². The number of pyridine rings is 4. The van der Waals surface area contributed by atoms with Crippen LogP contribution in [0.4, 0.5) is 43.7 Å². The molecular weight excluding hydrogens is 1660 g/mol. The van der Waals surface area contributed by atoms with Gasteiger partial charge in [-0.3, -0.25) is 70.3 Å². The zero-order chi connectivity index (χ0) is 90.9. The number of rotatable bonds is 18. The van der Waals surface area contributed by atoms with Crippen LogP contribution in [0.15, 0.2) is 129 Å². The Hall–Kier alpha value is -16.2. The molecule has 16 rings (SSSR count). The number of nitrogens with zero attached hydrogens (tertiary/aromatic N) is 12. The van der Waals surface area contributed by atoms with Crippen molar-refractivity contribution in [1.82, 2.24) is 19.1 Å². The van der Waals surface area contributed by atoms with Crippen LogP contribution < -0.4 is 20.6 Å². The Kier molecular flexibility index (Phi) is 20.9. The monoisotopic (exact) mass is 1720 g/mol. The number of fused-ring (bicyclic) bond motifs is 16. The van der Waals surface area contributed by atoms with Crippen LogP contribution in [0.3, 0.4) is 0 Å². The van der Waals surface area contributed by atoms with Crippen molar-refractivity contribution in [3.8, 4) is 56.5 Å². The number of aryl methyl sites for hydroxylation is 2. The highest BCUT2D eigenvalue weighted by atomic mass is 16.7. The Morgan fingerprint density at radius 3 is 1.14 bits per heavy atom. The number of aromatic nitrogens is 4. The maximum Gasteiger partial charge on any atom is 0.514 e. The Morgan fingerprint density at radius 2 is 0.817 bits per heavy atom. The van der Waals surface area contributed by atoms with Crippen molar-refractivity contribution < 1.29 is 106 Å². The number of cyclic esters (lactones) is 2. The lowest BCUT2D eigenvalue weighted by atomic mass is 9.85. The average Bonchev–Trinajstić information content (AvgIpc) is 1.49. The number of nitro groups is 6. The fourth-order valence-corrected chi connectivity index (χ4v) is 15.9. The minimum atomic E-state index is -2.16. The second-order valence-electron chi connectivity index (χ2n) is 31.9. The smallest absolute Gasteiger partial charge is 0.457 e. The molecule has 126 heavy (non-hydrogen) atoms. The summed E-state index contributed by atoms with van der Waals surface area (Å²) in [5.74, 6) is -3.87. The van der Waals surface area contributed by atoms with Gasteiger partial charge in [-0.15, -0.1) is 0 Å². The van der Waals surface area contributed by atoms with Crippen molar-refractivity contribution in [2.75, 3.05) is 0 Å². The summed E-state index contributed by atoms with van der Waals surface area (Å²) in [6.45, 7) is 18.0. The quantitative estimate of drug-likeness (QED) is 0.0253. The lowest BCUT2D eigenvalue weighted by Gasteiger charge is -2.36. The van der Waals surface area contributed by atoms with Gasteiger partial charge in [0.15, 0.2) is 0 Å². The van der Waals surface area contributed by atoms with Crippen LogP contribution in [0.1, 0.15) is 149 Å². The highest BCUT2D eigenvalue weighted by Gasteiger charge is 2.54. The maximum atomic E-state index is 14.1. The first-order chi connectivity index (χ1) is 59.4. The maximum absolute atomic E-state index is 14.1. The summed E-state index contributed by atoms with van der Waals surface area (Å²) in [6.07, 6.45) is -5.47. The average molecular weight is 1730 g/mol. The topological polar surface area (TPSA) is 548 Å². The van der Waals surface area contributed by atoms with Crippen molar-refractivity contribution in [2.24, 2.45) is 10.3 Å². The lowest BCUT2D eigenvalue weighted by Crippen LogP contribution is -2.48. The molecule has 8 heterocycles. The summed E-state index contributed by atoms with van der Waals surface area (Å²) in [5, 5.41) is 81.0. The van der Waals surface area contributed by atoms with Crippen LogP contribution >= 0.6 is 0 Å². The highest BCUT2D eigenvalue weighted by Crippen LogP contribution is 2.51. The van der Waals surface area contributed by atoms with Gasteiger partial charge in [0.25, 0.3) is 45.2 Å². The number of carbonyl (C=O) groups excluding carboxylic acids is 6. The Morgan fingerprint density at radius 1 is 0.476 bits per heavy atom. The summed E-state index contributed by atoms with van der Waals surface area (Å²) >= 11 is 0. The molecule has 6 aromatic carbocycles. The molecule has 42 heteroatoms. The molecule has 2 aliphatic carbocycles. The first-order valence-electron chi connectivity index (χ1n) is 38.5. The molecule has 6 aliphatic rings. The number of non-ortho nitro benzene ring substituents is 4. The molecule has 0 saturated heterocycles. The van der Waals surface area contributed by atoms with Gasteiger partial charge in [-0.2, -0.15) is 0 Å². The molecule has 0 N–H and O–H groups in total. The molecule has 0 saturated carbocycles. The molecule has 0 amide bonds. The largest absolute Gasteiger partial charge is 0.514 e. The number of oxime groups is 2. The van der Waals surface area contributed by atoms with Crippen molar-refractivity contribution in [1.29, 1.82) is 0 Å². The summed E-state index contributed by atoms with van der Waals surface area (Å²) in [7, 11) is 0. The third-order valence-corrected chi connectivity index (χ3v) is 21.5. The molecule has 0 unspecified atom stereocenters. The minimum absolute atomic E-state index is 0.0266. The standard InChI is InChI=1S/2C42H34N6O15/c2*1-7-42(61-38(50)20(3)63-44-36-26-13-23(46(53)54)10-19(2)33(26)34-27(36)14-24(47(55)56)15-31(34)48(57)58)29-16-32-35-22(17-45(32)37(49)28(29)18-59-39(42)51)11-21-12-25(8-9-30(21)43-35)60-40(52)62-41(4,5)6/h2*8-16,20H,7,17-18H2,1-6H3/b2*44-36+/t20-,42+;20-,42-/m10/s1. The van der Waals surface area contributed by atoms with Gasteiger partial charge < -0.3 is 56.7 Å². The molecule has 0 spiro atoms. The lowest BCUT2D eigenvalue weighted by molar-refractivity contribution is -0.394. The predicted molar refractivity (Wildman–Crippen MR) is 436 cm³/mol. The van der Waals surface area contributed by atoms with E-state index in [1.165, 1.54) is 74.9 Å². The summed E-state index contributed by atoms with van der Waals surface area (Å²) in [4.78, 5) is 196. The van der Waals surface area contributed by atoms with Crippen LogP contribution in [-0.2, 0) is 94.8 Å². The van der Waals surface area contributed by atoms with E-state index in [4.69, 9.17) is 57.5 Å². The molecular formula is C84H68N12O30. The zero-order valence-electron chi connectivity index (χ0n) is 68.4. The minimum Gasteiger partial charge on any atom is -0.457 e. The first kappa shape index (κ1) is 84.8. The highest BCUT2D eigenvalue weighted by molar-refractivity contribution is 6.28. The molecule has 0 bridgehead atoms. The van der Waals surface area contributed by atoms with Crippen molar-refractivity contribution in [2.45, 2.75) is 157 Å². The molecule has 0 fully saturated rings. The second kappa shape index (κ2) is 31.0. The molecule has 0 radical (unpaired) electrons. The van der Waals surface area contributed by atoms with Crippen LogP contribution in [0.25, 0.3) is 66.8 Å². The number of nitro benzene ring substituents is 6. The number of hydrogen-bond acceptors (Lipinski definition) is 34. The molecule has 4 atom stereocenters. The van der Waals surface area contributed by atoms with Gasteiger partial charge in [0, 0.05) is 103 Å². The fourth-order valence-electron chi connectivity index (χ4n) is 15.9. The van der Waals surface area contributed by atoms with Crippen molar-refractivity contribution >= 4 is 104 Å². The van der Waals surface area contributed by atoms with Crippen LogP contribution in [0.5, 0.6) is 11.5 Å². The number of ether oxygens (including phenoxy) is 8. The van der Waals surface area contributed by atoms with Crippen molar-refractivity contribution in [3.63, 3.8) is 0 Å². The van der Waals surface area contributed by atoms with Gasteiger partial charge in [-0.1, -0.05) is 24.2 Å². The van der Waals surface area contributed by atoms with E-state index in [0.717, 1.165) is 36.4 Å². The van der Waals surface area contributed by atoms with E-state index in [0.29, 0.717) is 55.7 Å². The van der Waals surface area contributed by atoms with Crippen LogP contribution in [0, 0.1) is 74.5 Å². The van der Waals surface area contributed by atoms with Gasteiger partial charge in [0.1, 0.15) is 47.3 Å². The number of benzene rings is 6. The molecule has 10 aromatic rings. The zero-order valence-corrected chi connectivity index (χ0v) is 68.4. The van der Waals surface area contributed by atoms with Crippen LogP contribution in [0.2, 0.25) is 0 Å². The molecule has 4 aromatic heterocycles. The van der Waals surface area contributed by atoms with Gasteiger partial charge in [-0.05, 0) is 154 Å². The Bertz CT molecular complexity index is 6450. The third-order valence-electron chi connectivity index (χ3n) is 21.5. The Balaban J connectivity index is 0.000000194. The van der Waals surface area contributed by atoms with E-state index < -0.39 is 159 Å². The fraction of sp³-hybridized carbons (Fsp3) is 0.286. The number of carbonyl (C=O) groups is 6. The normalized spacial score (nSPS) is 16.8. The third kappa shape index (κ3) is 14.8. The van der Waals surface area contributed by atoms with E-state index in [9.17, 15) is 99.0 Å². The van der Waals surface area contributed by atoms with E-state index >= 15 is 0 Å². The van der Waals surface area contributed by atoms with Gasteiger partial charge in [0.05, 0.1) is 111 Å². The van der Waals surface area contributed by atoms with E-state index in [1.54, 1.807) is 90.1 Å². The van der Waals surface area contributed by atoms with Gasteiger partial charge in [-0.25, -0.2) is 38.7 Å². The van der Waals surface area contributed by atoms with Gasteiger partial charge >= 0.3 is 36.2 Å². The molecule has 4 aliphatic heterocycles. The van der Waals surface area contributed by atoms with Crippen LogP contribution in [-0.4, -0.2) is 120 Å². The predicted octanol–water partition coefficient (Wildman–Crippen LogP) is 13.6. The second-order valence-corrected chi connectivity index (χ2v) is 31.9. The van der Waals surface area contributed by atoms with Gasteiger partial charge in [0.2, 0.25) is 23.4 Å². The van der Waals surface area contributed by atoms with E-state index in [-0.39, 0.29) is 127 Å². The summed E-state index contributed by atoms with van der Waals surface area (Å²) < 4.78 is 46.8. The first-order valence-corrected chi connectivity index (χ1v) is 38.5. The van der Waals surface area contributed by atoms with E-state index in [1.807, 2.05) is 0 Å². The number of hydrogen-bond donors (Lipinski definition) is 0. The Labute approximate surface area is 706 Å². The van der Waals surface area contributed by atoms with E-state index in [2.05, 4.69) is 10.3 Å². The number of esters is 4. The SMILES string of the molecule is CC[C@@]1(OC(=O)[C@@H](C)O/N=C2\c3cc([N+](=O)[O-])cc(C)c3-c3c2cc([N+](=O)[O-])cc3[N+](=O)[O-])C(=O)OCc2c1cc1n(c2=O)Cc2cc3cc(OC(=O)OC(C)(C)C)ccc3nc2-1.CC[C@@]1(OC(=O)[C@H](C)O/N=C2\c3cc([N+](=O)[O-])cc(C)c3-c3c2cc([N+](=O)[O-])cc3[N+](=O)[O-])C(=O)OCc2c1cc1n(c2=O)Cc2cc3cc(OC(=O)OC(C)(C)C)ccc3nc2-1. The summed E-state index contributed by atoms with van der Waals surface area (Å²) in [5.41, 5.74) is -6.87.